The van der Waals surface area contributed by atoms with Gasteiger partial charge in [-0.05, 0) is 85.3 Å². The van der Waals surface area contributed by atoms with Crippen LogP contribution in [0.5, 0.6) is 11.5 Å². The second-order valence-corrected chi connectivity index (χ2v) is 11.8. The van der Waals surface area contributed by atoms with Gasteiger partial charge in [0.05, 0.1) is 7.11 Å². The van der Waals surface area contributed by atoms with Crippen molar-refractivity contribution in [1.82, 2.24) is 14.8 Å². The first-order valence-corrected chi connectivity index (χ1v) is 15.4. The molecule has 1 amide bonds. The van der Waals surface area contributed by atoms with E-state index in [2.05, 4.69) is 51.2 Å². The minimum atomic E-state index is 0.217. The number of likely N-dealkylation sites (tertiary alicyclic amines) is 1. The maximum Gasteiger partial charge on any atom is 0.222 e. The number of amides is 1. The van der Waals surface area contributed by atoms with Crippen LogP contribution in [0.1, 0.15) is 61.6 Å². The summed E-state index contributed by atoms with van der Waals surface area (Å²) < 4.78 is 11.8. The zero-order valence-electron chi connectivity index (χ0n) is 24.6. The molecule has 0 N–H and O–H groups in total. The van der Waals surface area contributed by atoms with Gasteiger partial charge in [-0.2, -0.15) is 0 Å². The van der Waals surface area contributed by atoms with E-state index in [4.69, 9.17) is 9.47 Å². The summed E-state index contributed by atoms with van der Waals surface area (Å²) in [5.41, 5.74) is 3.94. The van der Waals surface area contributed by atoms with Crippen LogP contribution < -0.4 is 9.47 Å². The Bertz CT molecular complexity index is 1240. The largest absolute Gasteiger partial charge is 0.496 e. The lowest BCUT2D eigenvalue weighted by atomic mass is 9.73. The Hall–Kier alpha value is -3.38. The molecule has 0 aliphatic carbocycles. The van der Waals surface area contributed by atoms with Crippen molar-refractivity contribution in [1.29, 1.82) is 0 Å². The summed E-state index contributed by atoms with van der Waals surface area (Å²) in [4.78, 5) is 22.2. The molecule has 0 atom stereocenters. The van der Waals surface area contributed by atoms with E-state index >= 15 is 0 Å². The zero-order valence-corrected chi connectivity index (χ0v) is 24.6. The van der Waals surface area contributed by atoms with Crippen molar-refractivity contribution < 1.29 is 14.3 Å². The average Bonchev–Trinajstić information content (AvgIpc) is 3.00. The van der Waals surface area contributed by atoms with Crippen molar-refractivity contribution in [3.05, 3.63) is 89.7 Å². The summed E-state index contributed by atoms with van der Waals surface area (Å²) in [6.07, 6.45) is 12.9. The number of pyridine rings is 1. The second-order valence-electron chi connectivity index (χ2n) is 11.8. The molecule has 41 heavy (non-hydrogen) atoms. The van der Waals surface area contributed by atoms with E-state index in [0.717, 1.165) is 82.7 Å². The van der Waals surface area contributed by atoms with Gasteiger partial charge in [-0.25, -0.2) is 0 Å². The second kappa shape index (κ2) is 14.5. The standard InChI is InChI=1S/C35H45N3O3/c1-40-32-15-4-2-11-30(32)14-8-17-34(39)38-22-19-35(20-23-38)18-7-6-13-31-12-3-5-16-33(31)41-25-24-37(28-35)27-29-10-9-21-36-26-29/h2-5,9-12,15-16,21,26H,6-8,13-14,17-20,22-25,27-28H2,1H3. The van der Waals surface area contributed by atoms with Crippen molar-refractivity contribution in [2.45, 2.75) is 64.3 Å². The molecule has 6 nitrogen and oxygen atoms in total. The smallest absolute Gasteiger partial charge is 0.222 e. The summed E-state index contributed by atoms with van der Waals surface area (Å²) in [6.45, 7) is 5.15. The molecule has 2 aliphatic rings. The minimum Gasteiger partial charge on any atom is -0.496 e. The number of piperidine rings is 1. The molecule has 2 aliphatic heterocycles. The highest BCUT2D eigenvalue weighted by Gasteiger charge is 2.37. The van der Waals surface area contributed by atoms with E-state index in [0.29, 0.717) is 18.9 Å². The normalized spacial score (nSPS) is 18.0. The van der Waals surface area contributed by atoms with Crippen LogP contribution in [0.4, 0.5) is 0 Å². The number of carbonyl (C=O) groups is 1. The van der Waals surface area contributed by atoms with Crippen LogP contribution in [-0.2, 0) is 24.2 Å². The first-order valence-electron chi connectivity index (χ1n) is 15.4. The van der Waals surface area contributed by atoms with Gasteiger partial charge >= 0.3 is 0 Å². The molecule has 0 saturated carbocycles. The van der Waals surface area contributed by atoms with Crippen LogP contribution in [0.2, 0.25) is 0 Å². The van der Waals surface area contributed by atoms with Crippen molar-refractivity contribution in [3.8, 4) is 11.5 Å². The maximum absolute atomic E-state index is 13.2. The predicted molar refractivity (Wildman–Crippen MR) is 163 cm³/mol. The molecule has 218 valence electrons. The van der Waals surface area contributed by atoms with Gasteiger partial charge in [0.25, 0.3) is 0 Å². The molecule has 0 radical (unpaired) electrons. The quantitative estimate of drug-likeness (QED) is 0.341. The number of aryl methyl sites for hydroxylation is 2. The van der Waals surface area contributed by atoms with Gasteiger partial charge in [0.2, 0.25) is 5.91 Å². The lowest BCUT2D eigenvalue weighted by Gasteiger charge is -2.45. The fraction of sp³-hybridized carbons (Fsp3) is 0.486. The number of hydrogen-bond acceptors (Lipinski definition) is 5. The first-order chi connectivity index (χ1) is 20.1. The molecule has 0 bridgehead atoms. The third kappa shape index (κ3) is 8.10. The van der Waals surface area contributed by atoms with Crippen molar-refractivity contribution in [2.24, 2.45) is 5.41 Å². The van der Waals surface area contributed by atoms with Gasteiger partial charge in [-0.15, -0.1) is 0 Å². The molecule has 1 saturated heterocycles. The van der Waals surface area contributed by atoms with Crippen molar-refractivity contribution >= 4 is 5.91 Å². The van der Waals surface area contributed by atoms with Crippen LogP contribution in [0.3, 0.4) is 0 Å². The first kappa shape index (κ1) is 29.1. The van der Waals surface area contributed by atoms with Crippen LogP contribution >= 0.6 is 0 Å². The Morgan fingerprint density at radius 1 is 0.976 bits per heavy atom. The molecular weight excluding hydrogens is 510 g/mol. The number of aromatic nitrogens is 1. The molecule has 1 aromatic heterocycles. The van der Waals surface area contributed by atoms with Crippen molar-refractivity contribution in [2.75, 3.05) is 39.9 Å². The van der Waals surface area contributed by atoms with E-state index in [-0.39, 0.29) is 5.41 Å². The molecule has 5 rings (SSSR count). The highest BCUT2D eigenvalue weighted by Crippen LogP contribution is 2.39. The summed E-state index contributed by atoms with van der Waals surface area (Å²) in [7, 11) is 1.71. The van der Waals surface area contributed by atoms with Gasteiger partial charge in [0.15, 0.2) is 0 Å². The number of hydrogen-bond donors (Lipinski definition) is 0. The van der Waals surface area contributed by atoms with Gasteiger partial charge in [-0.3, -0.25) is 14.7 Å². The number of nitrogens with zero attached hydrogens (tertiary/aromatic N) is 3. The Kier molecular flexibility index (Phi) is 10.3. The van der Waals surface area contributed by atoms with E-state index < -0.39 is 0 Å². The summed E-state index contributed by atoms with van der Waals surface area (Å²) in [5.74, 6) is 2.23. The summed E-state index contributed by atoms with van der Waals surface area (Å²) in [6, 6.07) is 20.8. The number of fused-ring (bicyclic) bond motifs is 1. The van der Waals surface area contributed by atoms with Crippen molar-refractivity contribution in [3.63, 3.8) is 0 Å². The fourth-order valence-electron chi connectivity index (χ4n) is 6.60. The summed E-state index contributed by atoms with van der Waals surface area (Å²) in [5, 5.41) is 0. The predicted octanol–water partition coefficient (Wildman–Crippen LogP) is 6.33. The van der Waals surface area contributed by atoms with E-state index in [1.165, 1.54) is 29.5 Å². The number of para-hydroxylation sites is 2. The Labute approximate surface area is 245 Å². The highest BCUT2D eigenvalue weighted by atomic mass is 16.5. The Morgan fingerprint density at radius 3 is 2.63 bits per heavy atom. The molecule has 1 spiro atoms. The number of benzene rings is 2. The highest BCUT2D eigenvalue weighted by molar-refractivity contribution is 5.76. The number of rotatable bonds is 7. The zero-order chi connectivity index (χ0) is 28.3. The molecule has 3 heterocycles. The molecule has 1 fully saturated rings. The third-order valence-electron chi connectivity index (χ3n) is 8.93. The third-order valence-corrected chi connectivity index (χ3v) is 8.93. The van der Waals surface area contributed by atoms with Crippen LogP contribution in [-0.4, -0.2) is 60.6 Å². The van der Waals surface area contributed by atoms with E-state index in [9.17, 15) is 4.79 Å². The van der Waals surface area contributed by atoms with Crippen LogP contribution in [0, 0.1) is 5.41 Å². The SMILES string of the molecule is COc1ccccc1CCCC(=O)N1CCC2(CCCCc3ccccc3OCCN(Cc3cccnc3)C2)CC1. The lowest BCUT2D eigenvalue weighted by molar-refractivity contribution is -0.134. The lowest BCUT2D eigenvalue weighted by Crippen LogP contribution is -2.48. The topological polar surface area (TPSA) is 54.9 Å². The van der Waals surface area contributed by atoms with Gasteiger partial charge in [0, 0.05) is 51.5 Å². The van der Waals surface area contributed by atoms with E-state index in [1.54, 1.807) is 7.11 Å². The van der Waals surface area contributed by atoms with Gasteiger partial charge in [-0.1, -0.05) is 48.9 Å². The number of methoxy groups -OCH3 is 1. The van der Waals surface area contributed by atoms with Gasteiger partial charge in [0.1, 0.15) is 18.1 Å². The molecule has 2 aromatic carbocycles. The summed E-state index contributed by atoms with van der Waals surface area (Å²) >= 11 is 0. The van der Waals surface area contributed by atoms with Gasteiger partial charge < -0.3 is 14.4 Å². The molecule has 3 aromatic rings. The number of carbonyl (C=O) groups excluding carboxylic acids is 1. The molecule has 0 unspecified atom stereocenters. The molecular formula is C35H45N3O3. The van der Waals surface area contributed by atoms with Crippen LogP contribution in [0.15, 0.2) is 73.1 Å². The average molecular weight is 556 g/mol. The number of ether oxygens (including phenoxy) is 2. The Balaban J connectivity index is 1.22. The molecule has 6 heteroatoms. The van der Waals surface area contributed by atoms with E-state index in [1.807, 2.05) is 36.7 Å². The maximum atomic E-state index is 13.2. The Morgan fingerprint density at radius 2 is 1.80 bits per heavy atom. The monoisotopic (exact) mass is 555 g/mol. The van der Waals surface area contributed by atoms with Crippen LogP contribution in [0.25, 0.3) is 0 Å². The fourth-order valence-corrected chi connectivity index (χ4v) is 6.60. The minimum absolute atomic E-state index is 0.217.